The van der Waals surface area contributed by atoms with Crippen LogP contribution in [0.1, 0.15) is 57.1 Å². The topological polar surface area (TPSA) is 20.2 Å². The Balaban J connectivity index is 1.85. The Morgan fingerprint density at radius 2 is 1.86 bits per heavy atom. The lowest BCUT2D eigenvalue weighted by Crippen LogP contribution is -2.30. The van der Waals surface area contributed by atoms with Gasteiger partial charge in [-0.25, -0.2) is 0 Å². The molecule has 2 aliphatic rings. The molecule has 0 radical (unpaired) electrons. The van der Waals surface area contributed by atoms with E-state index in [1.165, 1.54) is 17.6 Å². The molecule has 1 fully saturated rings. The van der Waals surface area contributed by atoms with E-state index in [0.717, 1.165) is 42.8 Å². The Labute approximate surface area is 132 Å². The summed E-state index contributed by atoms with van der Waals surface area (Å²) in [4.78, 5) is 0. The van der Waals surface area contributed by atoms with Crippen molar-refractivity contribution in [2.24, 2.45) is 5.41 Å². The molecule has 0 unspecified atom stereocenters. The number of rotatable bonds is 2. The van der Waals surface area contributed by atoms with Gasteiger partial charge in [0.05, 0.1) is 5.60 Å². The van der Waals surface area contributed by atoms with Crippen LogP contribution in [0.25, 0.3) is 5.57 Å². The molecule has 21 heavy (non-hydrogen) atoms. The molecule has 0 amide bonds. The molecule has 1 aliphatic carbocycles. The fourth-order valence-electron chi connectivity index (χ4n) is 3.35. The van der Waals surface area contributed by atoms with Crippen LogP contribution in [0.2, 0.25) is 0 Å². The molecule has 1 aromatic rings. The fourth-order valence-corrected chi connectivity index (χ4v) is 4.51. The third kappa shape index (κ3) is 3.37. The summed E-state index contributed by atoms with van der Waals surface area (Å²) in [6, 6.07) is 8.66. The number of aliphatic hydroxyl groups is 1. The lowest BCUT2D eigenvalue weighted by molar-refractivity contribution is 0.0280. The number of benzene rings is 1. The molecule has 0 spiro atoms. The molecular formula is C19H26OS. The molecule has 1 heterocycles. The summed E-state index contributed by atoms with van der Waals surface area (Å²) in [5.41, 5.74) is 3.74. The van der Waals surface area contributed by atoms with Crippen LogP contribution < -0.4 is 0 Å². The third-order valence-corrected chi connectivity index (χ3v) is 6.05. The van der Waals surface area contributed by atoms with Crippen molar-refractivity contribution in [2.75, 3.05) is 11.5 Å². The van der Waals surface area contributed by atoms with Gasteiger partial charge in [-0.05, 0) is 71.8 Å². The summed E-state index contributed by atoms with van der Waals surface area (Å²) in [7, 11) is 0. The molecule has 114 valence electrons. The molecule has 1 saturated heterocycles. The highest BCUT2D eigenvalue weighted by Crippen LogP contribution is 2.40. The van der Waals surface area contributed by atoms with E-state index in [4.69, 9.17) is 0 Å². The molecule has 1 aliphatic heterocycles. The van der Waals surface area contributed by atoms with Crippen LogP contribution in [0.5, 0.6) is 0 Å². The van der Waals surface area contributed by atoms with Gasteiger partial charge in [0.15, 0.2) is 0 Å². The van der Waals surface area contributed by atoms with Gasteiger partial charge < -0.3 is 5.11 Å². The van der Waals surface area contributed by atoms with Crippen molar-refractivity contribution >= 4 is 17.3 Å². The fraction of sp³-hybridized carbons (Fsp3) is 0.579. The molecule has 1 aromatic carbocycles. The molecule has 0 saturated carbocycles. The zero-order valence-electron chi connectivity index (χ0n) is 13.2. The summed E-state index contributed by atoms with van der Waals surface area (Å²) >= 11 is 1.95. The van der Waals surface area contributed by atoms with Gasteiger partial charge in [0.1, 0.15) is 0 Å². The molecule has 1 nitrogen and oxygen atoms in total. The summed E-state index contributed by atoms with van der Waals surface area (Å²) in [5, 5.41) is 10.9. The molecule has 0 atom stereocenters. The highest BCUT2D eigenvalue weighted by atomic mass is 32.2. The quantitative estimate of drug-likeness (QED) is 0.830. The zero-order chi connectivity index (χ0) is 14.9. The molecule has 1 N–H and O–H groups in total. The number of thioether (sulfide) groups is 1. The Hall–Kier alpha value is -0.730. The van der Waals surface area contributed by atoms with Gasteiger partial charge in [0.2, 0.25) is 0 Å². The summed E-state index contributed by atoms with van der Waals surface area (Å²) in [6.45, 7) is 4.69. The molecule has 3 rings (SSSR count). The Morgan fingerprint density at radius 1 is 1.10 bits per heavy atom. The normalized spacial score (nSPS) is 24.4. The minimum atomic E-state index is -0.601. The second kappa shape index (κ2) is 5.81. The first-order valence-electron chi connectivity index (χ1n) is 8.09. The van der Waals surface area contributed by atoms with Crippen LogP contribution >= 0.6 is 11.8 Å². The van der Waals surface area contributed by atoms with E-state index in [0.29, 0.717) is 5.41 Å². The van der Waals surface area contributed by atoms with Gasteiger partial charge in [-0.15, -0.1) is 0 Å². The molecule has 2 heteroatoms. The minimum Gasteiger partial charge on any atom is -0.385 e. The first kappa shape index (κ1) is 15.2. The van der Waals surface area contributed by atoms with E-state index < -0.39 is 5.60 Å². The average molecular weight is 302 g/mol. The SMILES string of the molecule is CC1(C)CC=C(c2cccc(C3(O)CCSCC3)c2)CC1. The second-order valence-electron chi connectivity index (χ2n) is 7.32. The van der Waals surface area contributed by atoms with E-state index >= 15 is 0 Å². The van der Waals surface area contributed by atoms with Gasteiger partial charge in [-0.2, -0.15) is 11.8 Å². The molecule has 0 aromatic heterocycles. The number of allylic oxidation sites excluding steroid dienone is 2. The van der Waals surface area contributed by atoms with Gasteiger partial charge in [-0.1, -0.05) is 38.1 Å². The highest BCUT2D eigenvalue weighted by Gasteiger charge is 2.31. The van der Waals surface area contributed by atoms with Gasteiger partial charge in [-0.3, -0.25) is 0 Å². The van der Waals surface area contributed by atoms with Crippen molar-refractivity contribution < 1.29 is 5.11 Å². The summed E-state index contributed by atoms with van der Waals surface area (Å²) in [6.07, 6.45) is 7.74. The van der Waals surface area contributed by atoms with Crippen LogP contribution in [0.4, 0.5) is 0 Å². The van der Waals surface area contributed by atoms with Crippen molar-refractivity contribution in [3.05, 3.63) is 41.5 Å². The monoisotopic (exact) mass is 302 g/mol. The maximum atomic E-state index is 10.9. The second-order valence-corrected chi connectivity index (χ2v) is 8.55. The van der Waals surface area contributed by atoms with E-state index in [1.54, 1.807) is 0 Å². The summed E-state index contributed by atoms with van der Waals surface area (Å²) in [5.74, 6) is 2.13. The lowest BCUT2D eigenvalue weighted by atomic mass is 9.76. The smallest absolute Gasteiger partial charge is 0.0912 e. The predicted molar refractivity (Wildman–Crippen MR) is 92.5 cm³/mol. The van der Waals surface area contributed by atoms with Gasteiger partial charge in [0.25, 0.3) is 0 Å². The number of hydrogen-bond donors (Lipinski definition) is 1. The van der Waals surface area contributed by atoms with Crippen LogP contribution in [0.15, 0.2) is 30.3 Å². The van der Waals surface area contributed by atoms with Crippen molar-refractivity contribution in [2.45, 2.75) is 51.6 Å². The minimum absolute atomic E-state index is 0.444. The zero-order valence-corrected chi connectivity index (χ0v) is 14.0. The molecular weight excluding hydrogens is 276 g/mol. The van der Waals surface area contributed by atoms with Crippen LogP contribution in [0, 0.1) is 5.41 Å². The van der Waals surface area contributed by atoms with Crippen LogP contribution in [-0.2, 0) is 5.60 Å². The van der Waals surface area contributed by atoms with E-state index in [-0.39, 0.29) is 0 Å². The third-order valence-electron chi connectivity index (χ3n) is 5.06. The maximum absolute atomic E-state index is 10.9. The maximum Gasteiger partial charge on any atom is 0.0912 e. The lowest BCUT2D eigenvalue weighted by Gasteiger charge is -2.33. The predicted octanol–water partition coefficient (Wildman–Crippen LogP) is 4.99. The van der Waals surface area contributed by atoms with E-state index in [2.05, 4.69) is 44.2 Å². The van der Waals surface area contributed by atoms with E-state index in [1.807, 2.05) is 11.8 Å². The largest absolute Gasteiger partial charge is 0.385 e. The van der Waals surface area contributed by atoms with Crippen LogP contribution in [-0.4, -0.2) is 16.6 Å². The van der Waals surface area contributed by atoms with Crippen molar-refractivity contribution in [1.29, 1.82) is 0 Å². The van der Waals surface area contributed by atoms with Gasteiger partial charge in [0, 0.05) is 0 Å². The first-order valence-corrected chi connectivity index (χ1v) is 9.24. The van der Waals surface area contributed by atoms with Crippen LogP contribution in [0.3, 0.4) is 0 Å². The van der Waals surface area contributed by atoms with E-state index in [9.17, 15) is 5.11 Å². The Bertz CT molecular complexity index is 538. The first-order chi connectivity index (χ1) is 9.99. The van der Waals surface area contributed by atoms with Crippen molar-refractivity contribution in [3.8, 4) is 0 Å². The van der Waals surface area contributed by atoms with Gasteiger partial charge >= 0.3 is 0 Å². The van der Waals surface area contributed by atoms with Crippen molar-refractivity contribution in [1.82, 2.24) is 0 Å². The summed E-state index contributed by atoms with van der Waals surface area (Å²) < 4.78 is 0. The average Bonchev–Trinajstić information content (AvgIpc) is 2.48. The highest BCUT2D eigenvalue weighted by molar-refractivity contribution is 7.99. The standard InChI is InChI=1S/C19H26OS/c1-18(2)8-6-15(7-9-18)16-4-3-5-17(14-16)19(20)10-12-21-13-11-19/h3-6,14,20H,7-13H2,1-2H3. The van der Waals surface area contributed by atoms with Crippen molar-refractivity contribution in [3.63, 3.8) is 0 Å². The Kier molecular flexibility index (Phi) is 4.20. The number of hydrogen-bond acceptors (Lipinski definition) is 2. The molecule has 0 bridgehead atoms. The Morgan fingerprint density at radius 3 is 2.52 bits per heavy atom.